The quantitative estimate of drug-likeness (QED) is 0.290. The van der Waals surface area contributed by atoms with E-state index in [0.29, 0.717) is 17.9 Å². The van der Waals surface area contributed by atoms with Crippen molar-refractivity contribution in [3.8, 4) is 0 Å². The molecule has 0 aliphatic rings. The van der Waals surface area contributed by atoms with Gasteiger partial charge in [-0.2, -0.15) is 0 Å². The smallest absolute Gasteiger partial charge is 0.334 e. The molecule has 0 atom stereocenters. The van der Waals surface area contributed by atoms with Gasteiger partial charge in [0.1, 0.15) is 0 Å². The number of unbranched alkanes of at least 4 members (excludes halogenated alkanes) is 1. The molecule has 0 saturated carbocycles. The van der Waals surface area contributed by atoms with E-state index in [0.717, 1.165) is 58.4 Å². The van der Waals surface area contributed by atoms with Gasteiger partial charge in [0.25, 0.3) is 0 Å². The van der Waals surface area contributed by atoms with E-state index in [1.54, 1.807) is 0 Å². The standard InChI is InChI=1S/C24H36N6O2/c25-15-9-18-26-16-7-8-17-27-19-10-20-28-23(31)29-24(32)30(21-11-3-1-4-12-21)22-13-5-2-6-14-22/h1-6,11-14,26-27H,7-10,15-20,25H2,(H2,28,29,31,32). The first-order valence-corrected chi connectivity index (χ1v) is 11.3. The van der Waals surface area contributed by atoms with E-state index in [1.807, 2.05) is 60.7 Å². The molecule has 8 nitrogen and oxygen atoms in total. The number of urea groups is 2. The molecule has 6 N–H and O–H groups in total. The topological polar surface area (TPSA) is 112 Å². The van der Waals surface area contributed by atoms with Gasteiger partial charge in [0.2, 0.25) is 0 Å². The number of rotatable bonds is 14. The van der Waals surface area contributed by atoms with E-state index >= 15 is 0 Å². The van der Waals surface area contributed by atoms with E-state index in [2.05, 4.69) is 21.3 Å². The third-order valence-electron chi connectivity index (χ3n) is 4.78. The molecule has 0 aromatic heterocycles. The molecule has 2 aromatic carbocycles. The lowest BCUT2D eigenvalue weighted by atomic mass is 10.2. The largest absolute Gasteiger partial charge is 0.338 e. The minimum Gasteiger partial charge on any atom is -0.338 e. The first-order valence-electron chi connectivity index (χ1n) is 11.3. The zero-order valence-corrected chi connectivity index (χ0v) is 18.7. The van der Waals surface area contributed by atoms with Gasteiger partial charge in [0.05, 0.1) is 11.4 Å². The molecule has 174 valence electrons. The van der Waals surface area contributed by atoms with Gasteiger partial charge in [-0.15, -0.1) is 0 Å². The molecule has 0 radical (unpaired) electrons. The Morgan fingerprint density at radius 3 is 1.72 bits per heavy atom. The summed E-state index contributed by atoms with van der Waals surface area (Å²) in [7, 11) is 0. The van der Waals surface area contributed by atoms with Crippen molar-refractivity contribution in [2.24, 2.45) is 5.73 Å². The van der Waals surface area contributed by atoms with Gasteiger partial charge >= 0.3 is 12.1 Å². The summed E-state index contributed by atoms with van der Waals surface area (Å²) in [5, 5.41) is 11.9. The highest BCUT2D eigenvalue weighted by molar-refractivity contribution is 6.06. The fourth-order valence-electron chi connectivity index (χ4n) is 3.13. The summed E-state index contributed by atoms with van der Waals surface area (Å²) in [4.78, 5) is 26.5. The van der Waals surface area contributed by atoms with E-state index in [1.165, 1.54) is 4.90 Å². The fourth-order valence-corrected chi connectivity index (χ4v) is 3.13. The summed E-state index contributed by atoms with van der Waals surface area (Å²) in [6.07, 6.45) is 4.03. The molecule has 4 amide bonds. The van der Waals surface area contributed by atoms with Crippen LogP contribution in [-0.4, -0.2) is 51.3 Å². The number of hydrogen-bond acceptors (Lipinski definition) is 5. The van der Waals surface area contributed by atoms with Crippen molar-refractivity contribution in [1.29, 1.82) is 0 Å². The number of benzene rings is 2. The molecule has 0 aliphatic heterocycles. The van der Waals surface area contributed by atoms with Crippen molar-refractivity contribution in [3.63, 3.8) is 0 Å². The van der Waals surface area contributed by atoms with E-state index in [4.69, 9.17) is 5.73 Å². The van der Waals surface area contributed by atoms with Crippen LogP contribution in [0.15, 0.2) is 60.7 Å². The summed E-state index contributed by atoms with van der Waals surface area (Å²) >= 11 is 0. The number of para-hydroxylation sites is 2. The zero-order chi connectivity index (χ0) is 22.9. The Bertz CT molecular complexity index is 733. The van der Waals surface area contributed by atoms with Crippen molar-refractivity contribution in [1.82, 2.24) is 21.3 Å². The van der Waals surface area contributed by atoms with Crippen LogP contribution in [0.5, 0.6) is 0 Å². The van der Waals surface area contributed by atoms with Gasteiger partial charge in [0, 0.05) is 6.54 Å². The monoisotopic (exact) mass is 440 g/mol. The number of hydrogen-bond donors (Lipinski definition) is 5. The van der Waals surface area contributed by atoms with Crippen LogP contribution >= 0.6 is 0 Å². The Morgan fingerprint density at radius 2 is 1.19 bits per heavy atom. The van der Waals surface area contributed by atoms with Crippen molar-refractivity contribution >= 4 is 23.4 Å². The van der Waals surface area contributed by atoms with E-state index in [-0.39, 0.29) is 0 Å². The van der Waals surface area contributed by atoms with Gasteiger partial charge in [-0.1, -0.05) is 36.4 Å². The first-order chi connectivity index (χ1) is 15.7. The molecule has 0 saturated heterocycles. The highest BCUT2D eigenvalue weighted by Crippen LogP contribution is 2.24. The molecule has 0 spiro atoms. The molecule has 8 heteroatoms. The van der Waals surface area contributed by atoms with Gasteiger partial charge in [-0.25, -0.2) is 9.59 Å². The third-order valence-corrected chi connectivity index (χ3v) is 4.78. The Labute approximate surface area is 190 Å². The summed E-state index contributed by atoms with van der Waals surface area (Å²) in [6.45, 7) is 4.98. The van der Waals surface area contributed by atoms with Crippen LogP contribution in [0.3, 0.4) is 0 Å². The van der Waals surface area contributed by atoms with Crippen LogP contribution in [0.4, 0.5) is 21.0 Å². The molecule has 32 heavy (non-hydrogen) atoms. The molecule has 2 aromatic rings. The van der Waals surface area contributed by atoms with Crippen molar-refractivity contribution in [3.05, 3.63) is 60.7 Å². The molecule has 0 unspecified atom stereocenters. The lowest BCUT2D eigenvalue weighted by Gasteiger charge is -2.23. The average Bonchev–Trinajstić information content (AvgIpc) is 2.81. The Morgan fingerprint density at radius 1 is 0.688 bits per heavy atom. The number of nitrogens with two attached hydrogens (primary N) is 1. The number of nitrogens with zero attached hydrogens (tertiary/aromatic N) is 1. The normalized spacial score (nSPS) is 10.5. The van der Waals surface area contributed by atoms with Gasteiger partial charge in [0.15, 0.2) is 0 Å². The number of anilines is 2. The van der Waals surface area contributed by atoms with Crippen LogP contribution in [-0.2, 0) is 0 Å². The van der Waals surface area contributed by atoms with Crippen LogP contribution in [0.1, 0.15) is 25.7 Å². The Balaban J connectivity index is 1.64. The lowest BCUT2D eigenvalue weighted by Crippen LogP contribution is -2.45. The molecule has 0 aliphatic carbocycles. The van der Waals surface area contributed by atoms with E-state index in [9.17, 15) is 9.59 Å². The van der Waals surface area contributed by atoms with Crippen molar-refractivity contribution in [2.75, 3.05) is 44.2 Å². The number of carbonyl (C=O) groups is 2. The summed E-state index contributed by atoms with van der Waals surface area (Å²) in [6, 6.07) is 17.5. The molecule has 0 heterocycles. The molecular weight excluding hydrogens is 404 g/mol. The maximum absolute atomic E-state index is 12.8. The van der Waals surface area contributed by atoms with Gasteiger partial charge in [-0.05, 0) is 82.7 Å². The molecule has 0 bridgehead atoms. The fraction of sp³-hybridized carbons (Fsp3) is 0.417. The second kappa shape index (κ2) is 15.8. The number of imide groups is 1. The summed E-state index contributed by atoms with van der Waals surface area (Å²) < 4.78 is 0. The Kier molecular flexibility index (Phi) is 12.5. The lowest BCUT2D eigenvalue weighted by molar-refractivity contribution is 0.231. The highest BCUT2D eigenvalue weighted by atomic mass is 16.2. The zero-order valence-electron chi connectivity index (χ0n) is 18.7. The second-order valence-corrected chi connectivity index (χ2v) is 7.40. The second-order valence-electron chi connectivity index (χ2n) is 7.40. The molecule has 2 rings (SSSR count). The minimum atomic E-state index is -0.504. The predicted molar refractivity (Wildman–Crippen MR) is 130 cm³/mol. The van der Waals surface area contributed by atoms with Gasteiger partial charge in [-0.3, -0.25) is 10.2 Å². The first kappa shape index (κ1) is 25.3. The average molecular weight is 441 g/mol. The molecular formula is C24H36N6O2. The number of carbonyl (C=O) groups excluding carboxylic acids is 2. The SMILES string of the molecule is NCCCNCCCCNCCCNC(=O)NC(=O)N(c1ccccc1)c1ccccc1. The minimum absolute atomic E-state index is 0.490. The number of amides is 4. The van der Waals surface area contributed by atoms with Crippen LogP contribution < -0.4 is 31.9 Å². The van der Waals surface area contributed by atoms with Gasteiger partial charge < -0.3 is 21.7 Å². The maximum Gasteiger partial charge on any atom is 0.334 e. The van der Waals surface area contributed by atoms with E-state index < -0.39 is 12.1 Å². The third kappa shape index (κ3) is 9.91. The maximum atomic E-state index is 12.8. The van der Waals surface area contributed by atoms with Crippen molar-refractivity contribution < 1.29 is 9.59 Å². The predicted octanol–water partition coefficient (Wildman–Crippen LogP) is 2.94. The van der Waals surface area contributed by atoms with Crippen LogP contribution in [0, 0.1) is 0 Å². The summed E-state index contributed by atoms with van der Waals surface area (Å²) in [5.41, 5.74) is 6.82. The van der Waals surface area contributed by atoms with Crippen molar-refractivity contribution in [2.45, 2.75) is 25.7 Å². The molecule has 0 fully saturated rings. The highest BCUT2D eigenvalue weighted by Gasteiger charge is 2.19. The number of nitrogens with one attached hydrogen (secondary N) is 4. The van der Waals surface area contributed by atoms with Crippen LogP contribution in [0.2, 0.25) is 0 Å². The Hall–Kier alpha value is -2.94. The summed E-state index contributed by atoms with van der Waals surface area (Å²) in [5.74, 6) is 0. The van der Waals surface area contributed by atoms with Crippen LogP contribution in [0.25, 0.3) is 0 Å².